The van der Waals surface area contributed by atoms with Crippen LogP contribution in [0.25, 0.3) is 6.08 Å². The number of thiocarbonyl (C=S) groups is 1. The van der Waals surface area contributed by atoms with Crippen LogP contribution in [0.2, 0.25) is 0 Å². The lowest BCUT2D eigenvalue weighted by atomic mass is 10.1. The number of anilines is 1. The molecular weight excluding hydrogens is 412 g/mol. The maximum Gasteiger partial charge on any atom is 0.281 e. The number of amides is 1. The molecule has 1 heterocycles. The highest BCUT2D eigenvalue weighted by atomic mass is 32.1. The lowest BCUT2D eigenvalue weighted by molar-refractivity contribution is -0.114. The highest BCUT2D eigenvalue weighted by molar-refractivity contribution is 7.80. The molecule has 1 aliphatic rings. The molecule has 1 saturated heterocycles. The fraction of sp³-hybridized carbons (Fsp3) is 0.250. The molecule has 7 heteroatoms. The van der Waals surface area contributed by atoms with Gasteiger partial charge in [0.1, 0.15) is 18.1 Å². The molecular formula is C24H24N2O4S. The van der Waals surface area contributed by atoms with E-state index < -0.39 is 0 Å². The number of rotatable bonds is 8. The lowest BCUT2D eigenvalue weighted by Gasteiger charge is -2.16. The average molecular weight is 437 g/mol. The van der Waals surface area contributed by atoms with E-state index in [1.54, 1.807) is 24.1 Å². The van der Waals surface area contributed by atoms with E-state index >= 15 is 0 Å². The van der Waals surface area contributed by atoms with Crippen LogP contribution in [-0.4, -0.2) is 42.8 Å². The summed E-state index contributed by atoms with van der Waals surface area (Å²) in [5.41, 5.74) is 1.92. The van der Waals surface area contributed by atoms with Crippen LogP contribution in [0.5, 0.6) is 17.2 Å². The Hall–Kier alpha value is -3.50. The molecule has 0 unspecified atom stereocenters. The Morgan fingerprint density at radius 1 is 1.03 bits per heavy atom. The first kappa shape index (κ1) is 22.2. The number of hydrogen-bond donors (Lipinski definition) is 0. The maximum atomic E-state index is 13.2. The molecule has 0 atom stereocenters. The van der Waals surface area contributed by atoms with Gasteiger partial charge in [0.25, 0.3) is 5.91 Å². The summed E-state index contributed by atoms with van der Waals surface area (Å²) in [4.78, 5) is 16.4. The van der Waals surface area contributed by atoms with E-state index in [0.29, 0.717) is 41.2 Å². The first-order chi connectivity index (χ1) is 15.0. The van der Waals surface area contributed by atoms with E-state index in [9.17, 15) is 4.79 Å². The summed E-state index contributed by atoms with van der Waals surface area (Å²) in [6.45, 7) is 5.00. The Labute approximate surface area is 188 Å². The van der Waals surface area contributed by atoms with Gasteiger partial charge in [-0.2, -0.15) is 0 Å². The third kappa shape index (κ3) is 4.81. The molecule has 0 saturated carbocycles. The molecule has 160 valence electrons. The Kier molecular flexibility index (Phi) is 7.16. The third-order valence-corrected chi connectivity index (χ3v) is 5.01. The molecule has 0 radical (unpaired) electrons. The van der Waals surface area contributed by atoms with Gasteiger partial charge in [0.2, 0.25) is 0 Å². The van der Waals surface area contributed by atoms with Gasteiger partial charge in [-0.05, 0) is 74.1 Å². The van der Waals surface area contributed by atoms with E-state index in [2.05, 4.69) is 5.92 Å². The van der Waals surface area contributed by atoms with Crippen LogP contribution in [0.15, 0.2) is 48.2 Å². The van der Waals surface area contributed by atoms with Crippen molar-refractivity contribution in [1.29, 1.82) is 0 Å². The van der Waals surface area contributed by atoms with Crippen molar-refractivity contribution in [3.8, 4) is 29.6 Å². The second-order valence-electron chi connectivity index (χ2n) is 6.57. The van der Waals surface area contributed by atoms with Crippen molar-refractivity contribution in [3.05, 3.63) is 53.7 Å². The second-order valence-corrected chi connectivity index (χ2v) is 6.94. The molecule has 1 amide bonds. The highest BCUT2D eigenvalue weighted by Crippen LogP contribution is 2.32. The van der Waals surface area contributed by atoms with Crippen LogP contribution in [0.4, 0.5) is 5.69 Å². The quantitative estimate of drug-likeness (QED) is 0.353. The fourth-order valence-electron chi connectivity index (χ4n) is 3.12. The molecule has 1 fully saturated rings. The number of hydrogen-bond acceptors (Lipinski definition) is 5. The third-order valence-electron chi connectivity index (χ3n) is 4.55. The van der Waals surface area contributed by atoms with Crippen LogP contribution in [-0.2, 0) is 4.79 Å². The van der Waals surface area contributed by atoms with Crippen LogP contribution in [0.1, 0.15) is 19.4 Å². The van der Waals surface area contributed by atoms with Gasteiger partial charge in [0.05, 0.1) is 18.9 Å². The van der Waals surface area contributed by atoms with Crippen molar-refractivity contribution in [2.75, 3.05) is 31.8 Å². The topological polar surface area (TPSA) is 51.2 Å². The molecule has 1 aliphatic heterocycles. The largest absolute Gasteiger partial charge is 0.494 e. The molecule has 3 rings (SSSR count). The SMILES string of the molecule is C#CCOc1ccc(/C=C2/C(=O)N(c3ccc(OCC)cc3)C(=S)N2C)cc1OCC. The minimum Gasteiger partial charge on any atom is -0.494 e. The van der Waals surface area contributed by atoms with Crippen molar-refractivity contribution >= 4 is 35.0 Å². The van der Waals surface area contributed by atoms with Crippen LogP contribution in [0, 0.1) is 12.3 Å². The van der Waals surface area contributed by atoms with Gasteiger partial charge >= 0.3 is 0 Å². The minimum atomic E-state index is -0.206. The standard InChI is InChI=1S/C24H24N2O4S/c1-5-14-30-21-13-8-17(16-22(21)29-7-3)15-20-23(27)26(24(31)25(20)4)18-9-11-19(12-10-18)28-6-2/h1,8-13,15-16H,6-7,14H2,2-4H3/b20-15-. The van der Waals surface area contributed by atoms with E-state index in [0.717, 1.165) is 11.3 Å². The monoisotopic (exact) mass is 436 g/mol. The van der Waals surface area contributed by atoms with Gasteiger partial charge in [-0.3, -0.25) is 9.69 Å². The van der Waals surface area contributed by atoms with Gasteiger partial charge in [0.15, 0.2) is 16.6 Å². The summed E-state index contributed by atoms with van der Waals surface area (Å²) in [6.07, 6.45) is 7.05. The van der Waals surface area contributed by atoms with Crippen LogP contribution >= 0.6 is 12.2 Å². The number of terminal acetylenes is 1. The zero-order chi connectivity index (χ0) is 22.4. The Morgan fingerprint density at radius 2 is 1.74 bits per heavy atom. The first-order valence-electron chi connectivity index (χ1n) is 9.90. The summed E-state index contributed by atoms with van der Waals surface area (Å²) in [5.74, 6) is 4.09. The first-order valence-corrected chi connectivity index (χ1v) is 10.3. The number of carbonyl (C=O) groups is 1. The zero-order valence-corrected chi connectivity index (χ0v) is 18.6. The molecule has 6 nitrogen and oxygen atoms in total. The number of likely N-dealkylation sites (N-methyl/N-ethyl adjacent to an activating group) is 1. The minimum absolute atomic E-state index is 0.146. The van der Waals surface area contributed by atoms with Crippen molar-refractivity contribution in [1.82, 2.24) is 4.90 Å². The molecule has 0 N–H and O–H groups in total. The predicted octanol–water partition coefficient (Wildman–Crippen LogP) is 4.10. The van der Waals surface area contributed by atoms with Crippen molar-refractivity contribution in [2.45, 2.75) is 13.8 Å². The molecule has 31 heavy (non-hydrogen) atoms. The van der Waals surface area contributed by atoms with Gasteiger partial charge < -0.3 is 19.1 Å². The zero-order valence-electron chi connectivity index (χ0n) is 17.8. The molecule has 0 aromatic heterocycles. The summed E-state index contributed by atoms with van der Waals surface area (Å²) in [5, 5.41) is 0.402. The smallest absolute Gasteiger partial charge is 0.281 e. The van der Waals surface area contributed by atoms with E-state index in [1.165, 1.54) is 4.90 Å². The molecule has 2 aromatic carbocycles. The Balaban J connectivity index is 1.90. The van der Waals surface area contributed by atoms with Gasteiger partial charge in [-0.25, -0.2) is 0 Å². The Morgan fingerprint density at radius 3 is 2.39 bits per heavy atom. The van der Waals surface area contributed by atoms with Crippen molar-refractivity contribution < 1.29 is 19.0 Å². The van der Waals surface area contributed by atoms with E-state index in [-0.39, 0.29) is 12.5 Å². The summed E-state index contributed by atoms with van der Waals surface area (Å²) >= 11 is 5.53. The van der Waals surface area contributed by atoms with E-state index in [4.69, 9.17) is 32.9 Å². The summed E-state index contributed by atoms with van der Waals surface area (Å²) in [6, 6.07) is 12.7. The molecule has 0 bridgehead atoms. The van der Waals surface area contributed by atoms with Gasteiger partial charge in [-0.1, -0.05) is 12.0 Å². The van der Waals surface area contributed by atoms with Crippen molar-refractivity contribution in [2.24, 2.45) is 0 Å². The van der Waals surface area contributed by atoms with Gasteiger partial charge in [0, 0.05) is 7.05 Å². The number of ether oxygens (including phenoxy) is 3. The second kappa shape index (κ2) is 10.0. The fourth-order valence-corrected chi connectivity index (χ4v) is 3.41. The Bertz CT molecular complexity index is 1040. The van der Waals surface area contributed by atoms with Crippen LogP contribution in [0.3, 0.4) is 0 Å². The van der Waals surface area contributed by atoms with Crippen molar-refractivity contribution in [3.63, 3.8) is 0 Å². The average Bonchev–Trinajstić information content (AvgIpc) is 2.97. The highest BCUT2D eigenvalue weighted by Gasteiger charge is 2.36. The van der Waals surface area contributed by atoms with Gasteiger partial charge in [-0.15, -0.1) is 6.42 Å². The number of nitrogens with zero attached hydrogens (tertiary/aromatic N) is 2. The summed E-state index contributed by atoms with van der Waals surface area (Å²) in [7, 11) is 1.77. The molecule has 2 aromatic rings. The predicted molar refractivity (Wildman–Crippen MR) is 125 cm³/mol. The lowest BCUT2D eigenvalue weighted by Crippen LogP contribution is -2.31. The molecule has 0 spiro atoms. The number of benzene rings is 2. The van der Waals surface area contributed by atoms with Crippen LogP contribution < -0.4 is 19.1 Å². The molecule has 0 aliphatic carbocycles. The van der Waals surface area contributed by atoms with E-state index in [1.807, 2.05) is 50.2 Å². The number of carbonyl (C=O) groups excluding carboxylic acids is 1. The maximum absolute atomic E-state index is 13.2. The normalized spacial score (nSPS) is 14.7. The summed E-state index contributed by atoms with van der Waals surface area (Å²) < 4.78 is 16.7.